The number of carbonyl (C=O) groups excluding carboxylic acids is 1. The van der Waals surface area contributed by atoms with Gasteiger partial charge in [0.25, 0.3) is 0 Å². The van der Waals surface area contributed by atoms with Crippen LogP contribution in [0.1, 0.15) is 17.6 Å². The molecule has 0 bridgehead atoms. The number of nitrogens with zero attached hydrogens (tertiary/aromatic N) is 2. The zero-order valence-electron chi connectivity index (χ0n) is 10.3. The van der Waals surface area contributed by atoms with E-state index in [9.17, 15) is 4.79 Å². The molecular formula is C12H19N3O2. The van der Waals surface area contributed by atoms with Crippen molar-refractivity contribution in [2.75, 3.05) is 33.2 Å². The van der Waals surface area contributed by atoms with Crippen LogP contribution >= 0.6 is 0 Å². The second-order valence-electron chi connectivity index (χ2n) is 4.49. The monoisotopic (exact) mass is 237 g/mol. The first-order valence-corrected chi connectivity index (χ1v) is 5.86. The van der Waals surface area contributed by atoms with E-state index in [1.165, 1.54) is 0 Å². The minimum Gasteiger partial charge on any atom is -0.465 e. The van der Waals surface area contributed by atoms with Gasteiger partial charge in [-0.05, 0) is 19.1 Å². The summed E-state index contributed by atoms with van der Waals surface area (Å²) in [7, 11) is 1.83. The van der Waals surface area contributed by atoms with Crippen LogP contribution in [0.4, 0.5) is 0 Å². The Balaban J connectivity index is 2.11. The Morgan fingerprint density at radius 1 is 1.47 bits per heavy atom. The molecule has 1 aliphatic rings. The van der Waals surface area contributed by atoms with E-state index < -0.39 is 0 Å². The number of piperazine rings is 1. The Morgan fingerprint density at radius 2 is 2.24 bits per heavy atom. The summed E-state index contributed by atoms with van der Waals surface area (Å²) < 4.78 is 5.61. The van der Waals surface area contributed by atoms with Crippen molar-refractivity contribution in [1.82, 2.24) is 9.80 Å². The SMILES string of the molecule is Cc1ccc(C(CN)N2CCN(C)C(=O)C2)o1. The van der Waals surface area contributed by atoms with Gasteiger partial charge in [0.15, 0.2) is 0 Å². The van der Waals surface area contributed by atoms with Gasteiger partial charge in [0, 0.05) is 26.7 Å². The fourth-order valence-corrected chi connectivity index (χ4v) is 2.12. The number of carbonyl (C=O) groups is 1. The summed E-state index contributed by atoms with van der Waals surface area (Å²) in [4.78, 5) is 15.5. The highest BCUT2D eigenvalue weighted by molar-refractivity contribution is 5.78. The number of aryl methyl sites for hydroxylation is 1. The molecule has 0 aromatic carbocycles. The first kappa shape index (κ1) is 12.1. The lowest BCUT2D eigenvalue weighted by molar-refractivity contribution is -0.135. The molecule has 1 amide bonds. The predicted octanol–water partition coefficient (Wildman–Crippen LogP) is 0.362. The lowest BCUT2D eigenvalue weighted by Gasteiger charge is -2.36. The Hall–Kier alpha value is -1.33. The van der Waals surface area contributed by atoms with E-state index in [1.807, 2.05) is 26.1 Å². The molecule has 2 rings (SSSR count). The Labute approximate surface area is 101 Å². The lowest BCUT2D eigenvalue weighted by atomic mass is 10.1. The van der Waals surface area contributed by atoms with E-state index in [0.717, 1.165) is 24.6 Å². The van der Waals surface area contributed by atoms with Gasteiger partial charge in [-0.15, -0.1) is 0 Å². The molecular weight excluding hydrogens is 218 g/mol. The number of hydrogen-bond acceptors (Lipinski definition) is 4. The van der Waals surface area contributed by atoms with Gasteiger partial charge < -0.3 is 15.1 Å². The van der Waals surface area contributed by atoms with Crippen LogP contribution in [0.25, 0.3) is 0 Å². The molecule has 1 aliphatic heterocycles. The van der Waals surface area contributed by atoms with Crippen LogP contribution in [0.15, 0.2) is 16.5 Å². The van der Waals surface area contributed by atoms with Gasteiger partial charge in [-0.3, -0.25) is 9.69 Å². The molecule has 1 fully saturated rings. The third-order valence-corrected chi connectivity index (χ3v) is 3.24. The standard InChI is InChI=1S/C12H19N3O2/c1-9-3-4-11(17-9)10(7-13)15-6-5-14(2)12(16)8-15/h3-4,10H,5-8,13H2,1-2H3. The summed E-state index contributed by atoms with van der Waals surface area (Å²) in [6, 6.07) is 3.87. The summed E-state index contributed by atoms with van der Waals surface area (Å²) in [5, 5.41) is 0. The minimum atomic E-state index is 0.00125. The van der Waals surface area contributed by atoms with Gasteiger partial charge in [0.2, 0.25) is 5.91 Å². The van der Waals surface area contributed by atoms with Crippen LogP contribution in [0.2, 0.25) is 0 Å². The van der Waals surface area contributed by atoms with Crippen molar-refractivity contribution >= 4 is 5.91 Å². The van der Waals surface area contributed by atoms with Crippen molar-refractivity contribution in [2.45, 2.75) is 13.0 Å². The van der Waals surface area contributed by atoms with Crippen molar-refractivity contribution in [3.63, 3.8) is 0 Å². The number of rotatable bonds is 3. The minimum absolute atomic E-state index is 0.00125. The molecule has 1 aromatic heterocycles. The quantitative estimate of drug-likeness (QED) is 0.824. The molecule has 2 N–H and O–H groups in total. The van der Waals surface area contributed by atoms with Gasteiger partial charge in [0.05, 0.1) is 12.6 Å². The molecule has 1 saturated heterocycles. The number of nitrogens with two attached hydrogens (primary N) is 1. The zero-order chi connectivity index (χ0) is 12.4. The molecule has 0 saturated carbocycles. The number of amides is 1. The normalized spacial score (nSPS) is 19.7. The highest BCUT2D eigenvalue weighted by Crippen LogP contribution is 2.23. The molecule has 1 unspecified atom stereocenters. The molecule has 1 aromatic rings. The summed E-state index contributed by atoms with van der Waals surface area (Å²) in [6.45, 7) is 4.37. The van der Waals surface area contributed by atoms with Crippen LogP contribution < -0.4 is 5.73 Å². The second-order valence-corrected chi connectivity index (χ2v) is 4.49. The van der Waals surface area contributed by atoms with Crippen LogP contribution in [0.3, 0.4) is 0 Å². The second kappa shape index (κ2) is 4.89. The molecule has 1 atom stereocenters. The van der Waals surface area contributed by atoms with E-state index in [-0.39, 0.29) is 11.9 Å². The van der Waals surface area contributed by atoms with Gasteiger partial charge >= 0.3 is 0 Å². The third kappa shape index (κ3) is 2.50. The van der Waals surface area contributed by atoms with Crippen LogP contribution in [0, 0.1) is 6.92 Å². The van der Waals surface area contributed by atoms with Gasteiger partial charge in [-0.2, -0.15) is 0 Å². The van der Waals surface area contributed by atoms with E-state index in [2.05, 4.69) is 4.90 Å². The van der Waals surface area contributed by atoms with Gasteiger partial charge in [-0.1, -0.05) is 0 Å². The first-order valence-electron chi connectivity index (χ1n) is 5.86. The van der Waals surface area contributed by atoms with Crippen molar-refractivity contribution in [2.24, 2.45) is 5.73 Å². The zero-order valence-corrected chi connectivity index (χ0v) is 10.3. The maximum atomic E-state index is 11.7. The highest BCUT2D eigenvalue weighted by atomic mass is 16.3. The molecule has 5 heteroatoms. The topological polar surface area (TPSA) is 62.7 Å². The van der Waals surface area contributed by atoms with Crippen LogP contribution in [-0.2, 0) is 4.79 Å². The van der Waals surface area contributed by atoms with Crippen LogP contribution in [-0.4, -0.2) is 48.9 Å². The lowest BCUT2D eigenvalue weighted by Crippen LogP contribution is -2.50. The average molecular weight is 237 g/mol. The molecule has 0 radical (unpaired) electrons. The first-order chi connectivity index (χ1) is 8.11. The summed E-state index contributed by atoms with van der Waals surface area (Å²) in [5.74, 6) is 1.86. The Morgan fingerprint density at radius 3 is 2.76 bits per heavy atom. The molecule has 17 heavy (non-hydrogen) atoms. The summed E-state index contributed by atoms with van der Waals surface area (Å²) in [6.07, 6.45) is 0. The van der Waals surface area contributed by atoms with E-state index in [4.69, 9.17) is 10.2 Å². The predicted molar refractivity (Wildman–Crippen MR) is 64.5 cm³/mol. The maximum Gasteiger partial charge on any atom is 0.236 e. The van der Waals surface area contributed by atoms with E-state index >= 15 is 0 Å². The number of likely N-dealkylation sites (N-methyl/N-ethyl adjacent to an activating group) is 1. The summed E-state index contributed by atoms with van der Waals surface area (Å²) in [5.41, 5.74) is 5.80. The summed E-state index contributed by atoms with van der Waals surface area (Å²) >= 11 is 0. The van der Waals surface area contributed by atoms with E-state index in [0.29, 0.717) is 13.1 Å². The van der Waals surface area contributed by atoms with Gasteiger partial charge in [0.1, 0.15) is 11.5 Å². The fraction of sp³-hybridized carbons (Fsp3) is 0.583. The number of furan rings is 1. The average Bonchev–Trinajstić information content (AvgIpc) is 2.71. The van der Waals surface area contributed by atoms with Gasteiger partial charge in [-0.25, -0.2) is 0 Å². The highest BCUT2D eigenvalue weighted by Gasteiger charge is 2.28. The van der Waals surface area contributed by atoms with Crippen molar-refractivity contribution in [3.8, 4) is 0 Å². The Bertz CT molecular complexity index is 402. The smallest absolute Gasteiger partial charge is 0.236 e. The molecule has 0 aliphatic carbocycles. The van der Waals surface area contributed by atoms with Crippen molar-refractivity contribution in [3.05, 3.63) is 23.7 Å². The Kier molecular flexibility index (Phi) is 3.49. The van der Waals surface area contributed by atoms with E-state index in [1.54, 1.807) is 4.90 Å². The van der Waals surface area contributed by atoms with Crippen molar-refractivity contribution in [1.29, 1.82) is 0 Å². The third-order valence-electron chi connectivity index (χ3n) is 3.24. The molecule has 5 nitrogen and oxygen atoms in total. The fourth-order valence-electron chi connectivity index (χ4n) is 2.12. The van der Waals surface area contributed by atoms with Crippen molar-refractivity contribution < 1.29 is 9.21 Å². The molecule has 94 valence electrons. The largest absolute Gasteiger partial charge is 0.465 e. The maximum absolute atomic E-state index is 11.7. The number of hydrogen-bond donors (Lipinski definition) is 1. The molecule has 2 heterocycles. The molecule has 0 spiro atoms. The van der Waals surface area contributed by atoms with Crippen LogP contribution in [0.5, 0.6) is 0 Å².